The van der Waals surface area contributed by atoms with Gasteiger partial charge >= 0.3 is 25.9 Å². The second kappa shape index (κ2) is 48.5. The molecule has 0 spiro atoms. The van der Waals surface area contributed by atoms with Crippen LogP contribution in [0.25, 0.3) is 0 Å². The topological polar surface area (TPSA) is 230 Å². The molecule has 2 rings (SSSR count). The number of hydrogen-bond acceptors (Lipinski definition) is 14. The minimum atomic E-state index is -4.66. The second-order valence-corrected chi connectivity index (χ2v) is 21.8. The number of hydrogen-bond donors (Lipinski definition) is 4. The van der Waals surface area contributed by atoms with Gasteiger partial charge in [0.05, 0.1) is 44.2 Å². The molecule has 1 unspecified atom stereocenters. The van der Waals surface area contributed by atoms with E-state index in [9.17, 15) is 33.7 Å². The highest BCUT2D eigenvalue weighted by molar-refractivity contribution is 7.47. The molecule has 2 aromatic carbocycles. The van der Waals surface area contributed by atoms with E-state index in [0.717, 1.165) is 44.1 Å². The summed E-state index contributed by atoms with van der Waals surface area (Å²) in [7, 11) is -4.66. The zero-order valence-electron chi connectivity index (χ0n) is 47.9. The molecule has 0 aliphatic heterocycles. The van der Waals surface area contributed by atoms with Crippen molar-refractivity contribution in [1.29, 1.82) is 0 Å². The molecule has 0 heterocycles. The Morgan fingerprint density at radius 2 is 0.936 bits per heavy atom. The summed E-state index contributed by atoms with van der Waals surface area (Å²) in [5, 5.41) is 22.8. The fourth-order valence-electron chi connectivity index (χ4n) is 8.60. The highest BCUT2D eigenvalue weighted by atomic mass is 31.2. The van der Waals surface area contributed by atoms with Crippen LogP contribution in [0.2, 0.25) is 0 Å². The summed E-state index contributed by atoms with van der Waals surface area (Å²) >= 11 is 0. The van der Waals surface area contributed by atoms with Crippen LogP contribution < -0.4 is 10.6 Å². The number of azo groups is 1. The van der Waals surface area contributed by atoms with Crippen molar-refractivity contribution in [2.45, 2.75) is 232 Å². The standard InChI is InChI=1S/C60H101N4O13P/c1-3-5-7-9-11-13-15-17-19-21-23-25-27-29-31-33-58(67)74-50-56(77-59(68)34-32-30-28-26-24-22-20-18-16-14-12-10-8-6-4-2)51-76-78(70,71)75-46-44-62-60(69)73-48-47-72-45-43-61-57(66)49-52-35-37-53(38-36-52)63-64-54-39-41-55(65)42-40-54/h35-42,56,65H,3-34,43-51H2,1-2H3,(H,61,66)(H,62,69)(H,70,71)/t56-/m1/s1. The molecule has 0 aliphatic rings. The molecule has 0 fully saturated rings. The number of aromatic hydroxyl groups is 1. The monoisotopic (exact) mass is 1120 g/mol. The van der Waals surface area contributed by atoms with E-state index in [4.69, 9.17) is 28.0 Å². The molecule has 0 saturated heterocycles. The minimum Gasteiger partial charge on any atom is -0.508 e. The molecule has 0 saturated carbocycles. The van der Waals surface area contributed by atoms with Gasteiger partial charge < -0.3 is 39.6 Å². The van der Waals surface area contributed by atoms with Crippen LogP contribution in [-0.4, -0.2) is 92.8 Å². The Kier molecular flexibility index (Phi) is 43.3. The number of carbonyl (C=O) groups is 4. The third kappa shape index (κ3) is 42.5. The second-order valence-electron chi connectivity index (χ2n) is 20.4. The smallest absolute Gasteiger partial charge is 0.472 e. The van der Waals surface area contributed by atoms with Crippen LogP contribution in [0.5, 0.6) is 5.75 Å². The number of esters is 2. The van der Waals surface area contributed by atoms with Gasteiger partial charge in [-0.15, -0.1) is 0 Å². The van der Waals surface area contributed by atoms with Crippen molar-refractivity contribution in [3.8, 4) is 5.75 Å². The van der Waals surface area contributed by atoms with Crippen molar-refractivity contribution in [1.82, 2.24) is 10.6 Å². The number of rotatable bonds is 52. The Balaban J connectivity index is 1.62. The number of phosphoric ester groups is 1. The zero-order chi connectivity index (χ0) is 56.4. The molecule has 0 aliphatic carbocycles. The molecule has 2 aromatic rings. The number of benzene rings is 2. The Morgan fingerprint density at radius 3 is 1.42 bits per heavy atom. The lowest BCUT2D eigenvalue weighted by Crippen LogP contribution is -2.30. The van der Waals surface area contributed by atoms with E-state index >= 15 is 0 Å². The maximum Gasteiger partial charge on any atom is 0.472 e. The molecule has 18 heteroatoms. The number of phosphoric acid groups is 1. The Labute approximate surface area is 468 Å². The van der Waals surface area contributed by atoms with Crippen LogP contribution in [0.4, 0.5) is 16.2 Å². The highest BCUT2D eigenvalue weighted by Gasteiger charge is 2.26. The number of nitrogens with one attached hydrogen (secondary N) is 2. The van der Waals surface area contributed by atoms with Gasteiger partial charge in [0.15, 0.2) is 6.10 Å². The number of phenols is 1. The molecule has 4 N–H and O–H groups in total. The summed E-state index contributed by atoms with van der Waals surface area (Å²) in [4.78, 5) is 60.4. The molecular formula is C60H101N4O13P. The van der Waals surface area contributed by atoms with Crippen molar-refractivity contribution in [2.24, 2.45) is 10.2 Å². The third-order valence-electron chi connectivity index (χ3n) is 13.2. The van der Waals surface area contributed by atoms with Gasteiger partial charge in [0.1, 0.15) is 19.0 Å². The van der Waals surface area contributed by atoms with Gasteiger partial charge in [-0.3, -0.25) is 23.4 Å². The van der Waals surface area contributed by atoms with E-state index in [1.807, 2.05) is 0 Å². The Hall–Kier alpha value is -4.41. The summed E-state index contributed by atoms with van der Waals surface area (Å²) in [6.07, 6.45) is 35.0. The van der Waals surface area contributed by atoms with Gasteiger partial charge in [-0.1, -0.05) is 206 Å². The quantitative estimate of drug-likeness (QED) is 0.0159. The van der Waals surface area contributed by atoms with Crippen LogP contribution >= 0.6 is 7.82 Å². The SMILES string of the molecule is CCCCCCCCCCCCCCCCCC(=O)OC[C@H](COP(=O)(O)OCCNC(=O)OCCOCCNC(=O)Cc1ccc(N=Nc2ccc(O)cc2)cc1)OC(=O)CCCCCCCCCCCCCCCCC. The first-order valence-corrected chi connectivity index (χ1v) is 31.5. The first-order valence-electron chi connectivity index (χ1n) is 30.0. The lowest BCUT2D eigenvalue weighted by Gasteiger charge is -2.20. The summed E-state index contributed by atoms with van der Waals surface area (Å²) in [5.74, 6) is -0.992. The van der Waals surface area contributed by atoms with Crippen molar-refractivity contribution < 1.29 is 61.7 Å². The van der Waals surface area contributed by atoms with Crippen molar-refractivity contribution in [3.05, 3.63) is 54.1 Å². The Bertz CT molecular complexity index is 1890. The van der Waals surface area contributed by atoms with Gasteiger partial charge in [-0.2, -0.15) is 10.2 Å². The predicted molar refractivity (Wildman–Crippen MR) is 307 cm³/mol. The van der Waals surface area contributed by atoms with E-state index in [1.165, 1.54) is 153 Å². The maximum atomic E-state index is 12.9. The number of unbranched alkanes of at least 4 members (excludes halogenated alkanes) is 28. The molecule has 2 atom stereocenters. The highest BCUT2D eigenvalue weighted by Crippen LogP contribution is 2.43. The average molecular weight is 1120 g/mol. The largest absolute Gasteiger partial charge is 0.508 e. The molecule has 2 amide bonds. The zero-order valence-corrected chi connectivity index (χ0v) is 48.8. The lowest BCUT2D eigenvalue weighted by molar-refractivity contribution is -0.161. The van der Waals surface area contributed by atoms with Crippen LogP contribution in [0.3, 0.4) is 0 Å². The number of alkyl carbamates (subject to hydrolysis) is 1. The summed E-state index contributed by atoms with van der Waals surface area (Å²) in [6.45, 7) is 3.47. The number of carbonyl (C=O) groups excluding carboxylic acids is 4. The number of phenolic OH excluding ortho intramolecular Hbond substituents is 1. The third-order valence-corrected chi connectivity index (χ3v) is 14.2. The van der Waals surface area contributed by atoms with Crippen LogP contribution in [0.15, 0.2) is 58.8 Å². The fraction of sp³-hybridized carbons (Fsp3) is 0.733. The van der Waals surface area contributed by atoms with Crippen molar-refractivity contribution in [3.63, 3.8) is 0 Å². The normalized spacial score (nSPS) is 12.6. The van der Waals surface area contributed by atoms with Gasteiger partial charge in [-0.05, 0) is 54.8 Å². The molecule has 78 heavy (non-hydrogen) atoms. The van der Waals surface area contributed by atoms with Crippen molar-refractivity contribution >= 4 is 43.1 Å². The van der Waals surface area contributed by atoms with Crippen LogP contribution in [0.1, 0.15) is 225 Å². The average Bonchev–Trinajstić information content (AvgIpc) is 3.42. The predicted octanol–water partition coefficient (Wildman–Crippen LogP) is 15.3. The Morgan fingerprint density at radius 1 is 0.500 bits per heavy atom. The van der Waals surface area contributed by atoms with E-state index in [0.29, 0.717) is 24.2 Å². The van der Waals surface area contributed by atoms with E-state index in [1.54, 1.807) is 36.4 Å². The van der Waals surface area contributed by atoms with E-state index in [-0.39, 0.29) is 70.4 Å². The summed E-state index contributed by atoms with van der Waals surface area (Å²) in [5.41, 5.74) is 2.00. The van der Waals surface area contributed by atoms with Crippen molar-refractivity contribution in [2.75, 3.05) is 52.7 Å². The molecule has 444 valence electrons. The molecule has 0 bridgehead atoms. The van der Waals surface area contributed by atoms with Gasteiger partial charge in [0.25, 0.3) is 0 Å². The summed E-state index contributed by atoms with van der Waals surface area (Å²) in [6, 6.07) is 13.4. The number of ether oxygens (including phenoxy) is 4. The fourth-order valence-corrected chi connectivity index (χ4v) is 9.35. The maximum absolute atomic E-state index is 12.9. The molecular weight excluding hydrogens is 1020 g/mol. The van der Waals surface area contributed by atoms with Crippen LogP contribution in [-0.2, 0) is 53.4 Å². The van der Waals surface area contributed by atoms with E-state index in [2.05, 4.69) is 34.7 Å². The molecule has 0 aromatic heterocycles. The minimum absolute atomic E-state index is 0.0691. The molecule has 17 nitrogen and oxygen atoms in total. The van der Waals surface area contributed by atoms with Crippen LogP contribution in [0, 0.1) is 0 Å². The number of amides is 2. The van der Waals surface area contributed by atoms with Gasteiger partial charge in [0.2, 0.25) is 5.91 Å². The van der Waals surface area contributed by atoms with Gasteiger partial charge in [0, 0.05) is 25.9 Å². The lowest BCUT2D eigenvalue weighted by atomic mass is 10.0. The summed E-state index contributed by atoms with van der Waals surface area (Å²) < 4.78 is 44.5. The van der Waals surface area contributed by atoms with E-state index < -0.39 is 45.2 Å². The first kappa shape index (κ1) is 69.7. The van der Waals surface area contributed by atoms with Gasteiger partial charge in [-0.25, -0.2) is 9.36 Å². The molecule has 0 radical (unpaired) electrons. The first-order chi connectivity index (χ1) is 38.0. The number of nitrogens with zero attached hydrogens (tertiary/aromatic N) is 2.